The lowest BCUT2D eigenvalue weighted by atomic mass is 10.1. The zero-order valence-corrected chi connectivity index (χ0v) is 11.2. The van der Waals surface area contributed by atoms with E-state index in [0.29, 0.717) is 16.9 Å². The molecule has 0 aliphatic rings. The number of nitrogens with zero attached hydrogens (tertiary/aromatic N) is 1. The van der Waals surface area contributed by atoms with E-state index in [0.717, 1.165) is 6.42 Å². The van der Waals surface area contributed by atoms with Crippen molar-refractivity contribution in [3.63, 3.8) is 0 Å². The lowest BCUT2D eigenvalue weighted by Crippen LogP contribution is -1.94. The van der Waals surface area contributed by atoms with Gasteiger partial charge in [-0.3, -0.25) is 14.9 Å². The molecule has 0 amide bonds. The summed E-state index contributed by atoms with van der Waals surface area (Å²) in [6, 6.07) is 5.24. The second kappa shape index (κ2) is 6.96. The SMILES string of the molecule is CC(=O)SCCC=Cc1cccc(C)c1[N+](=O)[O-]. The number of benzene rings is 1. The van der Waals surface area contributed by atoms with Crippen LogP contribution < -0.4 is 0 Å². The van der Waals surface area contributed by atoms with Gasteiger partial charge in [0.2, 0.25) is 0 Å². The van der Waals surface area contributed by atoms with E-state index in [1.807, 2.05) is 6.08 Å². The van der Waals surface area contributed by atoms with Crippen LogP contribution in [-0.2, 0) is 4.79 Å². The second-order valence-electron chi connectivity index (χ2n) is 3.80. The molecule has 0 saturated carbocycles. The number of carbonyl (C=O) groups excluding carboxylic acids is 1. The molecule has 18 heavy (non-hydrogen) atoms. The van der Waals surface area contributed by atoms with Crippen molar-refractivity contribution in [2.45, 2.75) is 20.3 Å². The Kier molecular flexibility index (Phi) is 5.58. The van der Waals surface area contributed by atoms with Crippen LogP contribution in [-0.4, -0.2) is 15.8 Å². The predicted molar refractivity (Wildman–Crippen MR) is 74.6 cm³/mol. The standard InChI is InChI=1S/C13H15NO3S/c1-10-6-5-8-12(13(10)14(16)17)7-3-4-9-18-11(2)15/h3,5-8H,4,9H2,1-2H3. The first-order valence-electron chi connectivity index (χ1n) is 5.56. The number of hydrogen-bond acceptors (Lipinski definition) is 4. The van der Waals surface area contributed by atoms with Crippen LogP contribution in [0.25, 0.3) is 6.08 Å². The maximum Gasteiger partial charge on any atom is 0.279 e. The number of aryl methyl sites for hydroxylation is 1. The Morgan fingerprint density at radius 2 is 2.22 bits per heavy atom. The summed E-state index contributed by atoms with van der Waals surface area (Å²) in [4.78, 5) is 21.3. The van der Waals surface area contributed by atoms with Crippen LogP contribution in [0, 0.1) is 17.0 Å². The Bertz CT molecular complexity index is 483. The molecule has 0 radical (unpaired) electrons. The van der Waals surface area contributed by atoms with E-state index >= 15 is 0 Å². The fourth-order valence-electron chi connectivity index (χ4n) is 1.55. The number of thioether (sulfide) groups is 1. The molecule has 0 heterocycles. The number of rotatable bonds is 5. The minimum absolute atomic E-state index is 0.0879. The summed E-state index contributed by atoms with van der Waals surface area (Å²) < 4.78 is 0. The van der Waals surface area contributed by atoms with E-state index in [1.54, 1.807) is 31.2 Å². The topological polar surface area (TPSA) is 60.2 Å². The molecule has 96 valence electrons. The van der Waals surface area contributed by atoms with Crippen molar-refractivity contribution >= 4 is 28.6 Å². The third-order valence-corrected chi connectivity index (χ3v) is 3.19. The third kappa shape index (κ3) is 4.33. The van der Waals surface area contributed by atoms with Crippen molar-refractivity contribution in [1.29, 1.82) is 0 Å². The molecule has 0 aromatic heterocycles. The van der Waals surface area contributed by atoms with Gasteiger partial charge >= 0.3 is 0 Å². The maximum absolute atomic E-state index is 10.9. The molecule has 0 aliphatic carbocycles. The number of carbonyl (C=O) groups is 1. The number of nitro benzene ring substituents is 1. The number of hydrogen-bond donors (Lipinski definition) is 0. The van der Waals surface area contributed by atoms with E-state index in [9.17, 15) is 14.9 Å². The predicted octanol–water partition coefficient (Wildman–Crippen LogP) is 3.59. The smallest absolute Gasteiger partial charge is 0.279 e. The van der Waals surface area contributed by atoms with Gasteiger partial charge in [0.25, 0.3) is 5.69 Å². The zero-order valence-electron chi connectivity index (χ0n) is 10.4. The summed E-state index contributed by atoms with van der Waals surface area (Å²) in [5, 5.41) is 11.0. The number of nitro groups is 1. The summed E-state index contributed by atoms with van der Waals surface area (Å²) in [6.07, 6.45) is 4.32. The third-order valence-electron chi connectivity index (χ3n) is 2.34. The highest BCUT2D eigenvalue weighted by atomic mass is 32.2. The van der Waals surface area contributed by atoms with Crippen molar-refractivity contribution in [3.8, 4) is 0 Å². The van der Waals surface area contributed by atoms with Crippen LogP contribution in [0.4, 0.5) is 5.69 Å². The van der Waals surface area contributed by atoms with Gasteiger partial charge in [-0.2, -0.15) is 0 Å². The summed E-state index contributed by atoms with van der Waals surface area (Å²) in [7, 11) is 0. The van der Waals surface area contributed by atoms with E-state index in [-0.39, 0.29) is 15.7 Å². The normalized spacial score (nSPS) is 10.8. The molecule has 0 N–H and O–H groups in total. The molecule has 4 nitrogen and oxygen atoms in total. The zero-order chi connectivity index (χ0) is 13.5. The fraction of sp³-hybridized carbons (Fsp3) is 0.308. The Hall–Kier alpha value is -1.62. The maximum atomic E-state index is 10.9. The van der Waals surface area contributed by atoms with Crippen LogP contribution in [0.5, 0.6) is 0 Å². The van der Waals surface area contributed by atoms with Crippen LogP contribution in [0.15, 0.2) is 24.3 Å². The molecule has 0 saturated heterocycles. The summed E-state index contributed by atoms with van der Waals surface area (Å²) in [6.45, 7) is 3.25. The highest BCUT2D eigenvalue weighted by Gasteiger charge is 2.13. The first-order valence-corrected chi connectivity index (χ1v) is 6.55. The van der Waals surface area contributed by atoms with Gasteiger partial charge in [0.05, 0.1) is 10.5 Å². The van der Waals surface area contributed by atoms with Gasteiger partial charge < -0.3 is 0 Å². The van der Waals surface area contributed by atoms with Crippen LogP contribution in [0.3, 0.4) is 0 Å². The largest absolute Gasteiger partial charge is 0.288 e. The van der Waals surface area contributed by atoms with Crippen LogP contribution in [0.1, 0.15) is 24.5 Å². The average molecular weight is 265 g/mol. The van der Waals surface area contributed by atoms with E-state index in [1.165, 1.54) is 18.7 Å². The molecule has 0 fully saturated rings. The summed E-state index contributed by atoms with van der Waals surface area (Å²) >= 11 is 1.26. The highest BCUT2D eigenvalue weighted by Crippen LogP contribution is 2.24. The molecule has 1 rings (SSSR count). The summed E-state index contributed by atoms with van der Waals surface area (Å²) in [5.41, 5.74) is 1.40. The molecule has 5 heteroatoms. The number of para-hydroxylation sites is 1. The fourth-order valence-corrected chi connectivity index (χ4v) is 2.09. The Morgan fingerprint density at radius 1 is 1.50 bits per heavy atom. The van der Waals surface area contributed by atoms with Crippen molar-refractivity contribution in [3.05, 3.63) is 45.5 Å². The first kappa shape index (κ1) is 14.4. The summed E-state index contributed by atoms with van der Waals surface area (Å²) in [5.74, 6) is 0.700. The van der Waals surface area contributed by atoms with E-state index in [2.05, 4.69) is 0 Å². The average Bonchev–Trinajstić information content (AvgIpc) is 2.27. The van der Waals surface area contributed by atoms with Crippen molar-refractivity contribution in [2.75, 3.05) is 5.75 Å². The molecular formula is C13H15NO3S. The van der Waals surface area contributed by atoms with Gasteiger partial charge in [-0.1, -0.05) is 36.0 Å². The van der Waals surface area contributed by atoms with Gasteiger partial charge in [-0.05, 0) is 19.4 Å². The minimum atomic E-state index is -0.362. The van der Waals surface area contributed by atoms with Gasteiger partial charge in [-0.15, -0.1) is 0 Å². The van der Waals surface area contributed by atoms with E-state index < -0.39 is 0 Å². The molecule has 1 aromatic carbocycles. The van der Waals surface area contributed by atoms with Crippen molar-refractivity contribution < 1.29 is 9.72 Å². The Labute approximate surface area is 110 Å². The van der Waals surface area contributed by atoms with Crippen molar-refractivity contribution in [2.24, 2.45) is 0 Å². The monoisotopic (exact) mass is 265 g/mol. The minimum Gasteiger partial charge on any atom is -0.288 e. The van der Waals surface area contributed by atoms with Gasteiger partial charge in [-0.25, -0.2) is 0 Å². The Balaban J connectivity index is 2.72. The van der Waals surface area contributed by atoms with Gasteiger partial charge in [0.1, 0.15) is 0 Å². The molecule has 0 spiro atoms. The second-order valence-corrected chi connectivity index (χ2v) is 5.07. The van der Waals surface area contributed by atoms with Gasteiger partial charge in [0, 0.05) is 18.2 Å². The van der Waals surface area contributed by atoms with Crippen molar-refractivity contribution in [1.82, 2.24) is 0 Å². The highest BCUT2D eigenvalue weighted by molar-refractivity contribution is 8.13. The molecule has 1 aromatic rings. The lowest BCUT2D eigenvalue weighted by Gasteiger charge is -2.00. The molecule has 0 unspecified atom stereocenters. The van der Waals surface area contributed by atoms with Crippen LogP contribution in [0.2, 0.25) is 0 Å². The molecule has 0 aliphatic heterocycles. The van der Waals surface area contributed by atoms with Crippen LogP contribution >= 0.6 is 11.8 Å². The Morgan fingerprint density at radius 3 is 2.83 bits per heavy atom. The molecule has 0 bridgehead atoms. The first-order chi connectivity index (χ1) is 8.52. The quantitative estimate of drug-likeness (QED) is 0.464. The number of allylic oxidation sites excluding steroid dienone is 1. The molecular weight excluding hydrogens is 250 g/mol. The van der Waals surface area contributed by atoms with E-state index in [4.69, 9.17) is 0 Å². The van der Waals surface area contributed by atoms with Gasteiger partial charge in [0.15, 0.2) is 5.12 Å². The molecule has 0 atom stereocenters. The lowest BCUT2D eigenvalue weighted by molar-refractivity contribution is -0.385.